The Bertz CT molecular complexity index is 1230. The fourth-order valence-corrected chi connectivity index (χ4v) is 9.09. The van der Waals surface area contributed by atoms with Gasteiger partial charge in [0, 0.05) is 19.3 Å². The van der Waals surface area contributed by atoms with E-state index in [-0.39, 0.29) is 31.1 Å². The smallest absolute Gasteiger partial charge is 0.306 e. The highest BCUT2D eigenvalue weighted by atomic mass is 16.6. The molecule has 0 aromatic rings. The fraction of sp³-hybridized carbons (Fsp3) is 0.831. The molecule has 0 spiro atoms. The summed E-state index contributed by atoms with van der Waals surface area (Å²) >= 11 is 0. The molecule has 71 heavy (non-hydrogen) atoms. The van der Waals surface area contributed by atoms with Crippen molar-refractivity contribution in [2.75, 3.05) is 13.2 Å². The normalized spacial score (nSPS) is 12.3. The summed E-state index contributed by atoms with van der Waals surface area (Å²) in [6.07, 6.45) is 74.1. The van der Waals surface area contributed by atoms with Crippen LogP contribution in [0.1, 0.15) is 329 Å². The number of ether oxygens (including phenoxy) is 3. The molecular formula is C65H118O6. The minimum Gasteiger partial charge on any atom is -0.462 e. The molecule has 0 amide bonds. The molecule has 0 aromatic carbocycles. The fourth-order valence-electron chi connectivity index (χ4n) is 9.09. The van der Waals surface area contributed by atoms with Crippen LogP contribution in [0.25, 0.3) is 0 Å². The lowest BCUT2D eigenvalue weighted by Gasteiger charge is -2.18. The van der Waals surface area contributed by atoms with Crippen LogP contribution in [0.5, 0.6) is 0 Å². The number of allylic oxidation sites excluding steroid dienone is 8. The molecule has 0 saturated heterocycles. The van der Waals surface area contributed by atoms with Gasteiger partial charge in [-0.3, -0.25) is 14.4 Å². The Kier molecular flexibility index (Phi) is 57.7. The van der Waals surface area contributed by atoms with Gasteiger partial charge in [0.05, 0.1) is 0 Å². The number of carbonyl (C=O) groups excluding carboxylic acids is 3. The third-order valence-corrected chi connectivity index (χ3v) is 13.8. The largest absolute Gasteiger partial charge is 0.462 e. The molecule has 1 atom stereocenters. The lowest BCUT2D eigenvalue weighted by molar-refractivity contribution is -0.167. The summed E-state index contributed by atoms with van der Waals surface area (Å²) in [6.45, 7) is 6.62. The second kappa shape index (κ2) is 59.9. The van der Waals surface area contributed by atoms with Crippen LogP contribution in [-0.4, -0.2) is 37.2 Å². The van der Waals surface area contributed by atoms with Gasteiger partial charge in [-0.15, -0.1) is 0 Å². The van der Waals surface area contributed by atoms with E-state index in [1.54, 1.807) is 0 Å². The van der Waals surface area contributed by atoms with E-state index in [0.29, 0.717) is 19.3 Å². The second-order valence-electron chi connectivity index (χ2n) is 21.0. The van der Waals surface area contributed by atoms with Crippen LogP contribution in [0.3, 0.4) is 0 Å². The van der Waals surface area contributed by atoms with Crippen LogP contribution in [-0.2, 0) is 28.6 Å². The maximum Gasteiger partial charge on any atom is 0.306 e. The first kappa shape index (κ1) is 68.4. The summed E-state index contributed by atoms with van der Waals surface area (Å²) < 4.78 is 16.9. The third kappa shape index (κ3) is 58.1. The zero-order valence-corrected chi connectivity index (χ0v) is 47.5. The lowest BCUT2D eigenvalue weighted by Crippen LogP contribution is -2.30. The van der Waals surface area contributed by atoms with Gasteiger partial charge in [0.2, 0.25) is 0 Å². The molecule has 0 bridgehead atoms. The summed E-state index contributed by atoms with van der Waals surface area (Å²) in [5.41, 5.74) is 0. The van der Waals surface area contributed by atoms with Gasteiger partial charge in [0.1, 0.15) is 13.2 Å². The van der Waals surface area contributed by atoms with Crippen molar-refractivity contribution in [1.82, 2.24) is 0 Å². The van der Waals surface area contributed by atoms with E-state index in [4.69, 9.17) is 14.2 Å². The molecule has 6 nitrogen and oxygen atoms in total. The van der Waals surface area contributed by atoms with Gasteiger partial charge in [-0.1, -0.05) is 275 Å². The first-order valence-corrected chi connectivity index (χ1v) is 31.1. The number of hydrogen-bond acceptors (Lipinski definition) is 6. The van der Waals surface area contributed by atoms with Gasteiger partial charge < -0.3 is 14.2 Å². The van der Waals surface area contributed by atoms with E-state index in [1.807, 2.05) is 0 Å². The summed E-state index contributed by atoms with van der Waals surface area (Å²) in [5.74, 6) is -0.867. The zero-order valence-electron chi connectivity index (χ0n) is 47.5. The summed E-state index contributed by atoms with van der Waals surface area (Å²) in [4.78, 5) is 38.1. The van der Waals surface area contributed by atoms with Crippen molar-refractivity contribution in [3.8, 4) is 0 Å². The van der Waals surface area contributed by atoms with Gasteiger partial charge in [-0.05, 0) is 83.5 Å². The van der Waals surface area contributed by atoms with E-state index in [1.165, 1.54) is 212 Å². The van der Waals surface area contributed by atoms with E-state index >= 15 is 0 Å². The van der Waals surface area contributed by atoms with Crippen LogP contribution in [0.2, 0.25) is 0 Å². The molecular weight excluding hydrogens is 877 g/mol. The molecule has 0 radical (unpaired) electrons. The molecule has 0 aliphatic heterocycles. The van der Waals surface area contributed by atoms with Gasteiger partial charge in [0.25, 0.3) is 0 Å². The van der Waals surface area contributed by atoms with Crippen LogP contribution in [0.15, 0.2) is 48.6 Å². The summed E-state index contributed by atoms with van der Waals surface area (Å²) in [6, 6.07) is 0. The lowest BCUT2D eigenvalue weighted by atomic mass is 10.0. The number of rotatable bonds is 57. The van der Waals surface area contributed by atoms with Crippen molar-refractivity contribution in [2.24, 2.45) is 0 Å². The molecule has 414 valence electrons. The maximum atomic E-state index is 12.8. The van der Waals surface area contributed by atoms with Crippen LogP contribution in [0, 0.1) is 0 Å². The monoisotopic (exact) mass is 995 g/mol. The van der Waals surface area contributed by atoms with Crippen LogP contribution >= 0.6 is 0 Å². The Morgan fingerprint density at radius 2 is 0.507 bits per heavy atom. The van der Waals surface area contributed by atoms with E-state index in [0.717, 1.165) is 77.0 Å². The Hall–Kier alpha value is -2.63. The summed E-state index contributed by atoms with van der Waals surface area (Å²) in [7, 11) is 0. The molecule has 1 unspecified atom stereocenters. The third-order valence-electron chi connectivity index (χ3n) is 13.8. The standard InChI is InChI=1S/C65H118O6/c1-4-7-10-13-16-19-21-23-25-27-28-29-30-31-32-33-34-35-36-38-39-41-43-46-49-52-55-58-64(67)70-61-62(60-69-63(66)57-54-51-48-45-18-15-12-9-6-3)71-65(68)59-56-53-50-47-44-42-40-37-26-24-22-20-17-14-11-8-5-2/h17,20-21,23-24,26-28,62H,4-16,18-19,22,25,29-61H2,1-3H3/b20-17-,23-21-,26-24-,28-27-. The maximum absolute atomic E-state index is 12.8. The Morgan fingerprint density at radius 3 is 0.803 bits per heavy atom. The van der Waals surface area contributed by atoms with Gasteiger partial charge in [-0.25, -0.2) is 0 Å². The molecule has 0 aliphatic rings. The zero-order chi connectivity index (χ0) is 51.4. The van der Waals surface area contributed by atoms with Gasteiger partial charge in [-0.2, -0.15) is 0 Å². The molecule has 0 fully saturated rings. The SMILES string of the molecule is CCCCC/C=C\C/C=C\CCCCCCCCCC(=O)OC(COC(=O)CCCCCCCCCCC)COC(=O)CCCCCCCCCCCCCCCCC/C=C\C/C=C\CCCCCCC. The minimum absolute atomic E-state index is 0.0729. The number of carbonyl (C=O) groups is 3. The highest BCUT2D eigenvalue weighted by Crippen LogP contribution is 2.17. The van der Waals surface area contributed by atoms with Crippen LogP contribution < -0.4 is 0 Å². The van der Waals surface area contributed by atoms with Crippen LogP contribution in [0.4, 0.5) is 0 Å². The van der Waals surface area contributed by atoms with E-state index in [2.05, 4.69) is 69.4 Å². The van der Waals surface area contributed by atoms with Crippen molar-refractivity contribution in [2.45, 2.75) is 335 Å². The molecule has 0 aromatic heterocycles. The van der Waals surface area contributed by atoms with Crippen molar-refractivity contribution < 1.29 is 28.6 Å². The number of unbranched alkanes of at least 4 members (excludes halogenated alkanes) is 38. The first-order chi connectivity index (χ1) is 35.0. The Morgan fingerprint density at radius 1 is 0.282 bits per heavy atom. The number of esters is 3. The topological polar surface area (TPSA) is 78.9 Å². The predicted molar refractivity (Wildman–Crippen MR) is 307 cm³/mol. The average Bonchev–Trinajstić information content (AvgIpc) is 3.37. The quantitative estimate of drug-likeness (QED) is 0.0261. The Labute approximate surface area is 441 Å². The van der Waals surface area contributed by atoms with Crippen molar-refractivity contribution in [1.29, 1.82) is 0 Å². The van der Waals surface area contributed by atoms with Crippen molar-refractivity contribution in [3.63, 3.8) is 0 Å². The number of hydrogen-bond donors (Lipinski definition) is 0. The Balaban J connectivity index is 4.15. The average molecular weight is 996 g/mol. The summed E-state index contributed by atoms with van der Waals surface area (Å²) in [5, 5.41) is 0. The second-order valence-corrected chi connectivity index (χ2v) is 21.0. The van der Waals surface area contributed by atoms with E-state index < -0.39 is 6.10 Å². The molecule has 0 saturated carbocycles. The molecule has 0 N–H and O–H groups in total. The highest BCUT2D eigenvalue weighted by molar-refractivity contribution is 5.71. The first-order valence-electron chi connectivity index (χ1n) is 31.1. The molecule has 6 heteroatoms. The minimum atomic E-state index is -0.774. The van der Waals surface area contributed by atoms with Crippen molar-refractivity contribution >= 4 is 17.9 Å². The molecule has 0 rings (SSSR count). The van der Waals surface area contributed by atoms with Gasteiger partial charge >= 0.3 is 17.9 Å². The molecule has 0 heterocycles. The molecule has 0 aliphatic carbocycles. The highest BCUT2D eigenvalue weighted by Gasteiger charge is 2.19. The van der Waals surface area contributed by atoms with Crippen molar-refractivity contribution in [3.05, 3.63) is 48.6 Å². The predicted octanol–water partition coefficient (Wildman–Crippen LogP) is 21.0. The van der Waals surface area contributed by atoms with Gasteiger partial charge in [0.15, 0.2) is 6.10 Å². The van der Waals surface area contributed by atoms with E-state index in [9.17, 15) is 14.4 Å².